The molecule has 4 nitrogen and oxygen atoms in total. The molecule has 0 aromatic heterocycles. The van der Waals surface area contributed by atoms with E-state index in [1.165, 1.54) is 7.11 Å². The SMILES string of the molecule is COCC(C)(C)NC(=O)CNCC(F)(F)F. The van der Waals surface area contributed by atoms with Crippen LogP contribution < -0.4 is 10.6 Å². The predicted molar refractivity (Wildman–Crippen MR) is 53.0 cm³/mol. The summed E-state index contributed by atoms with van der Waals surface area (Å²) in [4.78, 5) is 11.2. The Kier molecular flexibility index (Phi) is 5.74. The van der Waals surface area contributed by atoms with E-state index in [1.807, 2.05) is 5.32 Å². The number of carbonyl (C=O) groups excluding carboxylic acids is 1. The summed E-state index contributed by atoms with van der Waals surface area (Å²) in [7, 11) is 1.48. The summed E-state index contributed by atoms with van der Waals surface area (Å²) >= 11 is 0. The molecule has 0 saturated heterocycles. The second-order valence-electron chi connectivity index (χ2n) is 4.08. The van der Waals surface area contributed by atoms with E-state index in [1.54, 1.807) is 13.8 Å². The van der Waals surface area contributed by atoms with Gasteiger partial charge in [0.15, 0.2) is 0 Å². The molecule has 7 heteroatoms. The lowest BCUT2D eigenvalue weighted by Crippen LogP contribution is -2.50. The third-order valence-electron chi connectivity index (χ3n) is 1.59. The van der Waals surface area contributed by atoms with Crippen molar-refractivity contribution in [2.24, 2.45) is 0 Å². The van der Waals surface area contributed by atoms with Crippen molar-refractivity contribution in [2.75, 3.05) is 26.8 Å². The second kappa shape index (κ2) is 6.05. The Morgan fingerprint density at radius 1 is 1.31 bits per heavy atom. The maximum atomic E-state index is 11.8. The Labute approximate surface area is 92.5 Å². The Bertz CT molecular complexity index is 229. The molecule has 0 radical (unpaired) electrons. The molecule has 0 aliphatic rings. The van der Waals surface area contributed by atoms with Gasteiger partial charge in [0.25, 0.3) is 0 Å². The van der Waals surface area contributed by atoms with E-state index in [4.69, 9.17) is 4.74 Å². The summed E-state index contributed by atoms with van der Waals surface area (Å²) in [6.07, 6.45) is -4.30. The number of carbonyl (C=O) groups is 1. The molecule has 0 spiro atoms. The Hall–Kier alpha value is -0.820. The minimum absolute atomic E-state index is 0.290. The standard InChI is InChI=1S/C9H17F3N2O2/c1-8(2,6-16-3)14-7(15)4-13-5-9(10,11)12/h13H,4-6H2,1-3H3,(H,14,15). The number of ether oxygens (including phenoxy) is 1. The highest BCUT2D eigenvalue weighted by molar-refractivity contribution is 5.78. The average molecular weight is 242 g/mol. The normalized spacial score (nSPS) is 12.6. The van der Waals surface area contributed by atoms with Crippen molar-refractivity contribution in [3.05, 3.63) is 0 Å². The second-order valence-corrected chi connectivity index (χ2v) is 4.08. The first kappa shape index (κ1) is 15.2. The summed E-state index contributed by atoms with van der Waals surface area (Å²) < 4.78 is 40.1. The van der Waals surface area contributed by atoms with Gasteiger partial charge in [-0.1, -0.05) is 0 Å². The maximum absolute atomic E-state index is 11.8. The van der Waals surface area contributed by atoms with Gasteiger partial charge in [-0.05, 0) is 13.8 Å². The van der Waals surface area contributed by atoms with Crippen LogP contribution in [0.4, 0.5) is 13.2 Å². The van der Waals surface area contributed by atoms with Crippen LogP contribution in [0.25, 0.3) is 0 Å². The molecule has 16 heavy (non-hydrogen) atoms. The molecule has 0 aliphatic carbocycles. The van der Waals surface area contributed by atoms with Crippen LogP contribution in [0.3, 0.4) is 0 Å². The molecular formula is C9H17F3N2O2. The predicted octanol–water partition coefficient (Wildman–Crippen LogP) is 0.679. The van der Waals surface area contributed by atoms with E-state index < -0.39 is 24.2 Å². The molecule has 0 aromatic rings. The molecule has 0 heterocycles. The van der Waals surface area contributed by atoms with Crippen molar-refractivity contribution in [3.63, 3.8) is 0 Å². The third-order valence-corrected chi connectivity index (χ3v) is 1.59. The van der Waals surface area contributed by atoms with E-state index in [-0.39, 0.29) is 13.2 Å². The van der Waals surface area contributed by atoms with Gasteiger partial charge < -0.3 is 15.4 Å². The minimum atomic E-state index is -4.30. The van der Waals surface area contributed by atoms with Crippen LogP contribution in [-0.2, 0) is 9.53 Å². The third kappa shape index (κ3) is 8.49. The largest absolute Gasteiger partial charge is 0.401 e. The van der Waals surface area contributed by atoms with Gasteiger partial charge >= 0.3 is 6.18 Å². The van der Waals surface area contributed by atoms with Crippen molar-refractivity contribution in [1.82, 2.24) is 10.6 Å². The van der Waals surface area contributed by atoms with Crippen molar-refractivity contribution in [2.45, 2.75) is 25.6 Å². The number of hydrogen-bond acceptors (Lipinski definition) is 3. The lowest BCUT2D eigenvalue weighted by molar-refractivity contribution is -0.129. The smallest absolute Gasteiger partial charge is 0.382 e. The van der Waals surface area contributed by atoms with Crippen molar-refractivity contribution in [1.29, 1.82) is 0 Å². The van der Waals surface area contributed by atoms with Gasteiger partial charge in [0, 0.05) is 7.11 Å². The molecule has 96 valence electrons. The zero-order chi connectivity index (χ0) is 12.8. The number of hydrogen-bond donors (Lipinski definition) is 2. The quantitative estimate of drug-likeness (QED) is 0.720. The number of methoxy groups -OCH3 is 1. The van der Waals surface area contributed by atoms with Crippen molar-refractivity contribution in [3.8, 4) is 0 Å². The Morgan fingerprint density at radius 3 is 2.31 bits per heavy atom. The monoisotopic (exact) mass is 242 g/mol. The van der Waals surface area contributed by atoms with Crippen LogP contribution >= 0.6 is 0 Å². The lowest BCUT2D eigenvalue weighted by atomic mass is 10.1. The van der Waals surface area contributed by atoms with Crippen LogP contribution in [-0.4, -0.2) is 44.4 Å². The van der Waals surface area contributed by atoms with Crippen LogP contribution in [0.15, 0.2) is 0 Å². The van der Waals surface area contributed by atoms with Gasteiger partial charge in [-0.2, -0.15) is 13.2 Å². The average Bonchev–Trinajstić information content (AvgIpc) is 1.99. The van der Waals surface area contributed by atoms with E-state index in [2.05, 4.69) is 5.32 Å². The zero-order valence-electron chi connectivity index (χ0n) is 9.57. The highest BCUT2D eigenvalue weighted by atomic mass is 19.4. The fourth-order valence-electron chi connectivity index (χ4n) is 1.14. The zero-order valence-corrected chi connectivity index (χ0v) is 9.57. The molecule has 0 fully saturated rings. The number of rotatable bonds is 6. The van der Waals surface area contributed by atoms with E-state index in [9.17, 15) is 18.0 Å². The van der Waals surface area contributed by atoms with Gasteiger partial charge in [-0.15, -0.1) is 0 Å². The first-order valence-electron chi connectivity index (χ1n) is 4.74. The van der Waals surface area contributed by atoms with Crippen LogP contribution in [0.2, 0.25) is 0 Å². The summed E-state index contributed by atoms with van der Waals surface area (Å²) in [5.41, 5.74) is -0.592. The number of nitrogens with one attached hydrogen (secondary N) is 2. The molecular weight excluding hydrogens is 225 g/mol. The summed E-state index contributed by atoms with van der Waals surface area (Å²) in [5.74, 6) is -0.494. The molecule has 2 N–H and O–H groups in total. The minimum Gasteiger partial charge on any atom is -0.382 e. The van der Waals surface area contributed by atoms with E-state index in [0.717, 1.165) is 0 Å². The Morgan fingerprint density at radius 2 is 1.88 bits per heavy atom. The molecule has 1 amide bonds. The van der Waals surface area contributed by atoms with Crippen LogP contribution in [0.1, 0.15) is 13.8 Å². The van der Waals surface area contributed by atoms with E-state index >= 15 is 0 Å². The van der Waals surface area contributed by atoms with Gasteiger partial charge in [-0.3, -0.25) is 4.79 Å². The summed E-state index contributed by atoms with van der Waals surface area (Å²) in [6, 6.07) is 0. The fraction of sp³-hybridized carbons (Fsp3) is 0.889. The molecule has 0 aromatic carbocycles. The molecule has 0 unspecified atom stereocenters. The molecule has 0 saturated carbocycles. The highest BCUT2D eigenvalue weighted by Gasteiger charge is 2.27. The topological polar surface area (TPSA) is 50.4 Å². The first-order valence-corrected chi connectivity index (χ1v) is 4.74. The van der Waals surface area contributed by atoms with E-state index in [0.29, 0.717) is 0 Å². The number of halogens is 3. The molecule has 0 atom stereocenters. The molecule has 0 bridgehead atoms. The van der Waals surface area contributed by atoms with Gasteiger partial charge in [0.1, 0.15) is 0 Å². The van der Waals surface area contributed by atoms with Crippen molar-refractivity contribution >= 4 is 5.91 Å². The van der Waals surface area contributed by atoms with Gasteiger partial charge in [0.05, 0.1) is 25.2 Å². The lowest BCUT2D eigenvalue weighted by Gasteiger charge is -2.25. The summed E-state index contributed by atoms with van der Waals surface area (Å²) in [6.45, 7) is 2.19. The maximum Gasteiger partial charge on any atom is 0.401 e. The number of amides is 1. The van der Waals surface area contributed by atoms with Crippen molar-refractivity contribution < 1.29 is 22.7 Å². The Balaban J connectivity index is 3.83. The van der Waals surface area contributed by atoms with Gasteiger partial charge in [0.2, 0.25) is 5.91 Å². The van der Waals surface area contributed by atoms with Crippen LogP contribution in [0.5, 0.6) is 0 Å². The highest BCUT2D eigenvalue weighted by Crippen LogP contribution is 2.11. The fourth-order valence-corrected chi connectivity index (χ4v) is 1.14. The number of alkyl halides is 3. The van der Waals surface area contributed by atoms with Gasteiger partial charge in [-0.25, -0.2) is 0 Å². The summed E-state index contributed by atoms with van der Waals surface area (Å²) in [5, 5.41) is 4.56. The van der Waals surface area contributed by atoms with Crippen LogP contribution in [0, 0.1) is 0 Å². The first-order chi connectivity index (χ1) is 7.16. The molecule has 0 rings (SSSR count). The molecule has 0 aliphatic heterocycles.